The SMILES string of the molecule is CC(C)CC1C(=O)Nc2cc(C(=O)NC3CCCCC3N)ccc2N1C(=O)Cc1ccccc1. The first-order chi connectivity index (χ1) is 16.3. The molecule has 0 radical (unpaired) electrons. The molecule has 7 heteroatoms. The zero-order valence-electron chi connectivity index (χ0n) is 19.9. The van der Waals surface area contributed by atoms with E-state index >= 15 is 0 Å². The second-order valence-corrected chi connectivity index (χ2v) is 9.82. The van der Waals surface area contributed by atoms with Gasteiger partial charge in [-0.1, -0.05) is 57.0 Å². The van der Waals surface area contributed by atoms with Crippen molar-refractivity contribution in [3.63, 3.8) is 0 Å². The maximum absolute atomic E-state index is 13.4. The first kappa shape index (κ1) is 24.0. The van der Waals surface area contributed by atoms with Crippen molar-refractivity contribution in [3.8, 4) is 0 Å². The molecule has 1 aliphatic carbocycles. The van der Waals surface area contributed by atoms with Crippen LogP contribution in [0.25, 0.3) is 0 Å². The molecular formula is C27H34N4O3. The minimum atomic E-state index is -0.594. The number of benzene rings is 2. The topological polar surface area (TPSA) is 105 Å². The number of nitrogens with two attached hydrogens (primary N) is 1. The molecule has 3 amide bonds. The third-order valence-electron chi connectivity index (χ3n) is 6.69. The van der Waals surface area contributed by atoms with Crippen LogP contribution in [0, 0.1) is 5.92 Å². The second kappa shape index (κ2) is 10.4. The molecule has 0 aromatic heterocycles. The molecule has 2 aromatic carbocycles. The number of amides is 3. The molecule has 1 fully saturated rings. The van der Waals surface area contributed by atoms with Crippen molar-refractivity contribution in [1.82, 2.24) is 5.32 Å². The Labute approximate surface area is 201 Å². The van der Waals surface area contributed by atoms with Crippen molar-refractivity contribution in [2.45, 2.75) is 70.5 Å². The van der Waals surface area contributed by atoms with E-state index in [0.29, 0.717) is 23.4 Å². The Balaban J connectivity index is 1.61. The van der Waals surface area contributed by atoms with Crippen molar-refractivity contribution in [2.75, 3.05) is 10.2 Å². The molecule has 3 atom stereocenters. The zero-order valence-corrected chi connectivity index (χ0v) is 19.9. The number of hydrogen-bond donors (Lipinski definition) is 3. The Bertz CT molecular complexity index is 1050. The van der Waals surface area contributed by atoms with Crippen LogP contribution in [0.1, 0.15) is 61.9 Å². The predicted molar refractivity (Wildman–Crippen MR) is 134 cm³/mol. The maximum Gasteiger partial charge on any atom is 0.251 e. The van der Waals surface area contributed by atoms with Gasteiger partial charge in [0.15, 0.2) is 0 Å². The second-order valence-electron chi connectivity index (χ2n) is 9.82. The highest BCUT2D eigenvalue weighted by Crippen LogP contribution is 2.35. The Morgan fingerprint density at radius 3 is 2.56 bits per heavy atom. The first-order valence-electron chi connectivity index (χ1n) is 12.2. The highest BCUT2D eigenvalue weighted by Gasteiger charge is 2.37. The van der Waals surface area contributed by atoms with Gasteiger partial charge in [-0.3, -0.25) is 19.3 Å². The van der Waals surface area contributed by atoms with Crippen LogP contribution >= 0.6 is 0 Å². The van der Waals surface area contributed by atoms with E-state index in [1.807, 2.05) is 44.2 Å². The fourth-order valence-corrected chi connectivity index (χ4v) is 4.90. The van der Waals surface area contributed by atoms with Crippen molar-refractivity contribution in [3.05, 3.63) is 59.7 Å². The van der Waals surface area contributed by atoms with Crippen LogP contribution in [-0.2, 0) is 16.0 Å². The molecule has 4 rings (SSSR count). The molecule has 0 saturated heterocycles. The van der Waals surface area contributed by atoms with Crippen LogP contribution in [0.2, 0.25) is 0 Å². The van der Waals surface area contributed by atoms with Gasteiger partial charge in [-0.15, -0.1) is 0 Å². The summed E-state index contributed by atoms with van der Waals surface area (Å²) in [5, 5.41) is 5.98. The summed E-state index contributed by atoms with van der Waals surface area (Å²) < 4.78 is 0. The number of nitrogens with one attached hydrogen (secondary N) is 2. The van der Waals surface area contributed by atoms with Crippen LogP contribution in [0.3, 0.4) is 0 Å². The van der Waals surface area contributed by atoms with E-state index in [1.165, 1.54) is 0 Å². The van der Waals surface area contributed by atoms with E-state index in [2.05, 4.69) is 10.6 Å². The van der Waals surface area contributed by atoms with Gasteiger partial charge in [0, 0.05) is 17.6 Å². The summed E-state index contributed by atoms with van der Waals surface area (Å²) in [6, 6.07) is 14.0. The van der Waals surface area contributed by atoms with E-state index < -0.39 is 6.04 Å². The van der Waals surface area contributed by atoms with E-state index in [-0.39, 0.29) is 42.1 Å². The lowest BCUT2D eigenvalue weighted by Crippen LogP contribution is -2.52. The number of carbonyl (C=O) groups excluding carboxylic acids is 3. The van der Waals surface area contributed by atoms with Crippen molar-refractivity contribution in [2.24, 2.45) is 11.7 Å². The quantitative estimate of drug-likeness (QED) is 0.610. The summed E-state index contributed by atoms with van der Waals surface area (Å²) >= 11 is 0. The van der Waals surface area contributed by atoms with Crippen LogP contribution < -0.4 is 21.3 Å². The Kier molecular flexibility index (Phi) is 7.32. The number of fused-ring (bicyclic) bond motifs is 1. The Hall–Kier alpha value is -3.19. The van der Waals surface area contributed by atoms with E-state index in [4.69, 9.17) is 5.73 Å². The van der Waals surface area contributed by atoms with Gasteiger partial charge in [-0.05, 0) is 48.9 Å². The molecule has 3 unspecified atom stereocenters. The highest BCUT2D eigenvalue weighted by atomic mass is 16.2. The molecule has 2 aliphatic rings. The summed E-state index contributed by atoms with van der Waals surface area (Å²) in [4.78, 5) is 41.1. The number of hydrogen-bond acceptors (Lipinski definition) is 4. The third-order valence-corrected chi connectivity index (χ3v) is 6.69. The fourth-order valence-electron chi connectivity index (χ4n) is 4.90. The van der Waals surface area contributed by atoms with Gasteiger partial charge in [-0.25, -0.2) is 0 Å². The lowest BCUT2D eigenvalue weighted by atomic mass is 9.91. The molecule has 1 heterocycles. The van der Waals surface area contributed by atoms with Gasteiger partial charge >= 0.3 is 0 Å². The maximum atomic E-state index is 13.4. The summed E-state index contributed by atoms with van der Waals surface area (Å²) in [7, 11) is 0. The van der Waals surface area contributed by atoms with Gasteiger partial charge in [0.05, 0.1) is 17.8 Å². The number of anilines is 2. The van der Waals surface area contributed by atoms with E-state index in [0.717, 1.165) is 31.2 Å². The zero-order chi connectivity index (χ0) is 24.2. The van der Waals surface area contributed by atoms with Crippen LogP contribution in [-0.4, -0.2) is 35.8 Å². The van der Waals surface area contributed by atoms with Crippen molar-refractivity contribution in [1.29, 1.82) is 0 Å². The monoisotopic (exact) mass is 462 g/mol. The standard InChI is InChI=1S/C27H34N4O3/c1-17(2)14-24-27(34)30-22-16-19(26(33)29-21-11-7-6-10-20(21)28)12-13-23(22)31(24)25(32)15-18-8-4-3-5-9-18/h3-5,8-9,12-13,16-17,20-21,24H,6-7,10-11,14-15,28H2,1-2H3,(H,29,33)(H,30,34). The molecule has 7 nitrogen and oxygen atoms in total. The first-order valence-corrected chi connectivity index (χ1v) is 12.2. The summed E-state index contributed by atoms with van der Waals surface area (Å²) in [6.07, 6.45) is 4.66. The largest absolute Gasteiger partial charge is 0.348 e. The number of nitrogens with zero attached hydrogens (tertiary/aromatic N) is 1. The smallest absolute Gasteiger partial charge is 0.251 e. The van der Waals surface area contributed by atoms with Gasteiger partial charge in [0.1, 0.15) is 6.04 Å². The highest BCUT2D eigenvalue weighted by molar-refractivity contribution is 6.13. The molecule has 2 aromatic rings. The van der Waals surface area contributed by atoms with Crippen LogP contribution in [0.15, 0.2) is 48.5 Å². The lowest BCUT2D eigenvalue weighted by molar-refractivity contribution is -0.124. The fraction of sp³-hybridized carbons (Fsp3) is 0.444. The number of rotatable bonds is 6. The summed E-state index contributed by atoms with van der Waals surface area (Å²) in [5.74, 6) is -0.354. The molecule has 34 heavy (non-hydrogen) atoms. The van der Waals surface area contributed by atoms with Crippen LogP contribution in [0.5, 0.6) is 0 Å². The lowest BCUT2D eigenvalue weighted by Gasteiger charge is -2.37. The summed E-state index contributed by atoms with van der Waals surface area (Å²) in [6.45, 7) is 4.07. The van der Waals surface area contributed by atoms with Gasteiger partial charge < -0.3 is 16.4 Å². The average Bonchev–Trinajstić information content (AvgIpc) is 2.81. The molecule has 180 valence electrons. The van der Waals surface area contributed by atoms with Crippen molar-refractivity contribution >= 4 is 29.1 Å². The summed E-state index contributed by atoms with van der Waals surface area (Å²) in [5.41, 5.74) is 8.62. The predicted octanol–water partition coefficient (Wildman–Crippen LogP) is 3.63. The third kappa shape index (κ3) is 5.30. The molecular weight excluding hydrogens is 428 g/mol. The Morgan fingerprint density at radius 2 is 1.85 bits per heavy atom. The minimum absolute atomic E-state index is 0.0436. The van der Waals surface area contributed by atoms with Gasteiger partial charge in [0.25, 0.3) is 5.91 Å². The van der Waals surface area contributed by atoms with Gasteiger partial charge in [-0.2, -0.15) is 0 Å². The normalized spacial score (nSPS) is 22.2. The van der Waals surface area contributed by atoms with Crippen molar-refractivity contribution < 1.29 is 14.4 Å². The van der Waals surface area contributed by atoms with Gasteiger partial charge in [0.2, 0.25) is 11.8 Å². The average molecular weight is 463 g/mol. The molecule has 0 spiro atoms. The number of carbonyl (C=O) groups is 3. The molecule has 1 aliphatic heterocycles. The van der Waals surface area contributed by atoms with E-state index in [9.17, 15) is 14.4 Å². The molecule has 1 saturated carbocycles. The van der Waals surface area contributed by atoms with Crippen LogP contribution in [0.4, 0.5) is 11.4 Å². The molecule has 0 bridgehead atoms. The minimum Gasteiger partial charge on any atom is -0.348 e. The molecule has 4 N–H and O–H groups in total. The Morgan fingerprint density at radius 1 is 1.12 bits per heavy atom. The van der Waals surface area contributed by atoms with E-state index in [1.54, 1.807) is 23.1 Å².